The molecule has 1 saturated heterocycles. The van der Waals surface area contributed by atoms with Crippen molar-refractivity contribution in [3.63, 3.8) is 0 Å². The highest BCUT2D eigenvalue weighted by Crippen LogP contribution is 2.45. The predicted molar refractivity (Wildman–Crippen MR) is 132 cm³/mol. The van der Waals surface area contributed by atoms with Gasteiger partial charge in [-0.05, 0) is 54.0 Å². The zero-order valence-electron chi connectivity index (χ0n) is 21.7. The molecular formula is C24H50O4Si2. The van der Waals surface area contributed by atoms with Gasteiger partial charge < -0.3 is 18.4 Å². The smallest absolute Gasteiger partial charge is 0.200 e. The highest BCUT2D eigenvalue weighted by Gasteiger charge is 2.48. The molecule has 6 heteroatoms. The molecule has 178 valence electrons. The molecule has 0 bridgehead atoms. The summed E-state index contributed by atoms with van der Waals surface area (Å²) >= 11 is 0. The van der Waals surface area contributed by atoms with E-state index in [1.165, 1.54) is 0 Å². The molecule has 3 atom stereocenters. The van der Waals surface area contributed by atoms with Crippen LogP contribution in [-0.2, 0) is 18.4 Å². The number of carbonyl (C=O) groups excluding carboxylic acids is 1. The maximum atomic E-state index is 11.2. The van der Waals surface area contributed by atoms with Crippen LogP contribution < -0.4 is 0 Å². The van der Waals surface area contributed by atoms with Crippen LogP contribution in [0.5, 0.6) is 0 Å². The summed E-state index contributed by atoms with van der Waals surface area (Å²) in [6, 6.07) is 0. The van der Waals surface area contributed by atoms with Gasteiger partial charge in [0.15, 0.2) is 8.32 Å². The number of carbonyl (C=O) groups is 1. The highest BCUT2D eigenvalue weighted by molar-refractivity contribution is 6.77. The second kappa shape index (κ2) is 11.2. The normalized spacial score (nSPS) is 24.1. The molecule has 0 aliphatic carbocycles. The van der Waals surface area contributed by atoms with Gasteiger partial charge in [0.05, 0.1) is 18.3 Å². The van der Waals surface area contributed by atoms with E-state index in [4.69, 9.17) is 13.6 Å². The first-order valence-electron chi connectivity index (χ1n) is 12.1. The molecule has 0 amide bonds. The van der Waals surface area contributed by atoms with Crippen molar-refractivity contribution in [3.8, 4) is 0 Å². The molecule has 0 N–H and O–H groups in total. The Morgan fingerprint density at radius 3 is 1.90 bits per heavy atom. The van der Waals surface area contributed by atoms with Gasteiger partial charge in [-0.2, -0.15) is 0 Å². The van der Waals surface area contributed by atoms with Gasteiger partial charge in [0.1, 0.15) is 6.29 Å². The maximum Gasteiger partial charge on any atom is 0.200 e. The highest BCUT2D eigenvalue weighted by atomic mass is 28.4. The summed E-state index contributed by atoms with van der Waals surface area (Å²) in [6.45, 7) is 26.1. The first-order chi connectivity index (χ1) is 13.7. The molecule has 0 saturated carbocycles. The molecule has 0 spiro atoms. The molecule has 1 heterocycles. The zero-order chi connectivity index (χ0) is 23.3. The van der Waals surface area contributed by atoms with E-state index in [1.54, 1.807) is 0 Å². The van der Waals surface area contributed by atoms with Gasteiger partial charge in [-0.1, -0.05) is 62.3 Å². The van der Waals surface area contributed by atoms with E-state index in [0.717, 1.165) is 32.2 Å². The van der Waals surface area contributed by atoms with Gasteiger partial charge >= 0.3 is 0 Å². The molecule has 0 radical (unpaired) electrons. The Morgan fingerprint density at radius 2 is 1.47 bits per heavy atom. The van der Waals surface area contributed by atoms with Crippen LogP contribution >= 0.6 is 0 Å². The van der Waals surface area contributed by atoms with Crippen molar-refractivity contribution in [2.75, 3.05) is 6.61 Å². The standard InChI is InChI=1S/C24H50O4Si2/c1-18(2)30(19(3)4,20(5)6)28-23-16-21(12-14-25)27-22(17-23)13-15-26-29(10,11)24(7,8)9/h14,18-23H,12-13,15-17H2,1-11H3/t21-,22-,23-/m0/s1. The van der Waals surface area contributed by atoms with Crippen molar-refractivity contribution in [2.24, 2.45) is 0 Å². The van der Waals surface area contributed by atoms with Crippen molar-refractivity contribution in [3.05, 3.63) is 0 Å². The summed E-state index contributed by atoms with van der Waals surface area (Å²) in [5, 5.41) is 0.211. The zero-order valence-corrected chi connectivity index (χ0v) is 23.7. The number of rotatable bonds is 11. The summed E-state index contributed by atoms with van der Waals surface area (Å²) < 4.78 is 19.8. The van der Waals surface area contributed by atoms with Gasteiger partial charge in [-0.15, -0.1) is 0 Å². The van der Waals surface area contributed by atoms with Crippen LogP contribution in [0.25, 0.3) is 0 Å². The van der Waals surface area contributed by atoms with E-state index in [0.29, 0.717) is 23.0 Å². The minimum Gasteiger partial charge on any atom is -0.417 e. The van der Waals surface area contributed by atoms with E-state index in [2.05, 4.69) is 75.4 Å². The Kier molecular flexibility index (Phi) is 10.5. The lowest BCUT2D eigenvalue weighted by Crippen LogP contribution is -2.52. The Bertz CT molecular complexity index is 504. The summed E-state index contributed by atoms with van der Waals surface area (Å²) in [4.78, 5) is 11.2. The van der Waals surface area contributed by atoms with Gasteiger partial charge in [0.2, 0.25) is 8.32 Å². The van der Waals surface area contributed by atoms with Crippen LogP contribution in [0, 0.1) is 0 Å². The molecule has 30 heavy (non-hydrogen) atoms. The fraction of sp³-hybridized carbons (Fsp3) is 0.958. The second-order valence-electron chi connectivity index (χ2n) is 11.7. The lowest BCUT2D eigenvalue weighted by atomic mass is 9.98. The van der Waals surface area contributed by atoms with E-state index in [-0.39, 0.29) is 23.4 Å². The first-order valence-corrected chi connectivity index (χ1v) is 17.1. The molecule has 0 aromatic heterocycles. The molecule has 0 aromatic rings. The third-order valence-corrected chi connectivity index (χ3v) is 18.3. The number of aldehydes is 1. The quantitative estimate of drug-likeness (QED) is 0.245. The topological polar surface area (TPSA) is 44.8 Å². The fourth-order valence-corrected chi connectivity index (χ4v) is 11.6. The summed E-state index contributed by atoms with van der Waals surface area (Å²) in [5.41, 5.74) is 1.68. The number of hydrogen-bond acceptors (Lipinski definition) is 4. The molecule has 1 rings (SSSR count). The van der Waals surface area contributed by atoms with Crippen LogP contribution in [0.15, 0.2) is 0 Å². The summed E-state index contributed by atoms with van der Waals surface area (Å²) in [7, 11) is -3.71. The number of hydrogen-bond donors (Lipinski definition) is 0. The lowest BCUT2D eigenvalue weighted by Gasteiger charge is -2.47. The van der Waals surface area contributed by atoms with Crippen LogP contribution in [0.3, 0.4) is 0 Å². The third kappa shape index (κ3) is 6.99. The molecular weight excluding hydrogens is 408 g/mol. The largest absolute Gasteiger partial charge is 0.417 e. The second-order valence-corrected chi connectivity index (χ2v) is 21.9. The van der Waals surface area contributed by atoms with Gasteiger partial charge in [-0.25, -0.2) is 0 Å². The van der Waals surface area contributed by atoms with E-state index in [1.807, 2.05) is 0 Å². The molecule has 1 aliphatic heterocycles. The summed E-state index contributed by atoms with van der Waals surface area (Å²) in [5.74, 6) is 0. The van der Waals surface area contributed by atoms with E-state index >= 15 is 0 Å². The molecule has 4 nitrogen and oxygen atoms in total. The Balaban J connectivity index is 2.89. The van der Waals surface area contributed by atoms with Gasteiger partial charge in [0.25, 0.3) is 0 Å². The first kappa shape index (κ1) is 28.0. The van der Waals surface area contributed by atoms with Crippen molar-refractivity contribution in [1.29, 1.82) is 0 Å². The van der Waals surface area contributed by atoms with Crippen LogP contribution in [0.4, 0.5) is 0 Å². The van der Waals surface area contributed by atoms with Crippen LogP contribution in [0.1, 0.15) is 88.0 Å². The molecule has 0 unspecified atom stereocenters. The Hall–Kier alpha value is -0.0162. The van der Waals surface area contributed by atoms with Gasteiger partial charge in [0, 0.05) is 13.0 Å². The van der Waals surface area contributed by atoms with Crippen molar-refractivity contribution in [1.82, 2.24) is 0 Å². The van der Waals surface area contributed by atoms with Gasteiger partial charge in [-0.3, -0.25) is 0 Å². The average molecular weight is 459 g/mol. The minimum absolute atomic E-state index is 0.0303. The molecule has 1 fully saturated rings. The fourth-order valence-electron chi connectivity index (χ4n) is 4.97. The Morgan fingerprint density at radius 1 is 0.967 bits per heavy atom. The van der Waals surface area contributed by atoms with Crippen LogP contribution in [0.2, 0.25) is 34.8 Å². The molecule has 1 aliphatic rings. The lowest BCUT2D eigenvalue weighted by molar-refractivity contribution is -0.121. The third-order valence-electron chi connectivity index (χ3n) is 7.58. The van der Waals surface area contributed by atoms with Crippen molar-refractivity contribution < 1.29 is 18.4 Å². The Labute approximate surface area is 189 Å². The minimum atomic E-state index is -1.95. The van der Waals surface area contributed by atoms with Crippen LogP contribution in [-0.4, -0.2) is 47.8 Å². The SMILES string of the molecule is CC(C)[Si](O[C@H]1C[C@H](CC=O)O[C@@H](CCO[Si](C)(C)C(C)(C)C)C1)(C(C)C)C(C)C. The maximum absolute atomic E-state index is 11.2. The molecule has 0 aromatic carbocycles. The van der Waals surface area contributed by atoms with Crippen molar-refractivity contribution >= 4 is 22.9 Å². The monoisotopic (exact) mass is 458 g/mol. The predicted octanol–water partition coefficient (Wildman–Crippen LogP) is 7.10. The average Bonchev–Trinajstić information content (AvgIpc) is 2.57. The van der Waals surface area contributed by atoms with Crippen molar-refractivity contribution in [2.45, 2.75) is 141 Å². The van der Waals surface area contributed by atoms with E-state index < -0.39 is 16.6 Å². The number of ether oxygens (including phenoxy) is 1. The van der Waals surface area contributed by atoms with E-state index in [9.17, 15) is 4.79 Å². The summed E-state index contributed by atoms with van der Waals surface area (Å²) in [6.07, 6.45) is 4.33.